The van der Waals surface area contributed by atoms with Crippen LogP contribution in [0.3, 0.4) is 0 Å². The smallest absolute Gasteiger partial charge is 0.433 e. The Balaban J connectivity index is 1.64. The van der Waals surface area contributed by atoms with Crippen molar-refractivity contribution in [3.63, 3.8) is 0 Å². The van der Waals surface area contributed by atoms with E-state index < -0.39 is 22.0 Å². The summed E-state index contributed by atoms with van der Waals surface area (Å²) in [6, 6.07) is 8.37. The number of hydrogen-bond donors (Lipinski definition) is 0. The fourth-order valence-corrected chi connectivity index (χ4v) is 3.29. The highest BCUT2D eigenvalue weighted by molar-refractivity contribution is 8.18. The number of benzene rings is 1. The van der Waals surface area contributed by atoms with Crippen LogP contribution in [0.5, 0.6) is 5.75 Å². The van der Waals surface area contributed by atoms with E-state index >= 15 is 0 Å². The molecular formula is C18H16N2O6S. The quantitative estimate of drug-likeness (QED) is 0.420. The average molecular weight is 388 g/mol. The standard InChI is InChI=1S/C18H16N2O6S/c1-11-3-4-12(2)14(9-11)25-8-7-19-17(21)15(27-18(19)22)10-13-5-6-16(26-13)20(23)24/h3-6,9-10H,7-8H2,1-2H3/b15-10-. The van der Waals surface area contributed by atoms with Gasteiger partial charge in [0.2, 0.25) is 0 Å². The molecule has 1 aromatic carbocycles. The summed E-state index contributed by atoms with van der Waals surface area (Å²) in [7, 11) is 0. The first-order valence-corrected chi connectivity index (χ1v) is 8.86. The van der Waals surface area contributed by atoms with E-state index in [9.17, 15) is 19.7 Å². The molecule has 27 heavy (non-hydrogen) atoms. The van der Waals surface area contributed by atoms with Gasteiger partial charge >= 0.3 is 5.88 Å². The van der Waals surface area contributed by atoms with Crippen LogP contribution in [0.1, 0.15) is 16.9 Å². The normalized spacial score (nSPS) is 15.6. The predicted molar refractivity (Wildman–Crippen MR) is 99.5 cm³/mol. The molecule has 0 aliphatic carbocycles. The van der Waals surface area contributed by atoms with E-state index in [-0.39, 0.29) is 23.8 Å². The topological polar surface area (TPSA) is 103 Å². The van der Waals surface area contributed by atoms with Gasteiger partial charge in [-0.3, -0.25) is 24.6 Å². The minimum absolute atomic E-state index is 0.105. The summed E-state index contributed by atoms with van der Waals surface area (Å²) in [5, 5.41) is 10.2. The van der Waals surface area contributed by atoms with Crippen LogP contribution in [0.2, 0.25) is 0 Å². The van der Waals surface area contributed by atoms with Crippen molar-refractivity contribution in [1.29, 1.82) is 0 Å². The zero-order valence-corrected chi connectivity index (χ0v) is 15.4. The second kappa shape index (κ2) is 7.67. The van der Waals surface area contributed by atoms with Gasteiger partial charge < -0.3 is 9.15 Å². The van der Waals surface area contributed by atoms with E-state index in [2.05, 4.69) is 0 Å². The van der Waals surface area contributed by atoms with E-state index in [0.717, 1.165) is 27.8 Å². The number of carbonyl (C=O) groups is 2. The van der Waals surface area contributed by atoms with Crippen LogP contribution in [0.4, 0.5) is 10.7 Å². The van der Waals surface area contributed by atoms with Crippen LogP contribution >= 0.6 is 11.8 Å². The molecule has 0 bridgehead atoms. The van der Waals surface area contributed by atoms with E-state index in [1.165, 1.54) is 18.2 Å². The van der Waals surface area contributed by atoms with Gasteiger partial charge in [0.15, 0.2) is 0 Å². The largest absolute Gasteiger partial charge is 0.491 e. The van der Waals surface area contributed by atoms with Crippen molar-refractivity contribution in [2.45, 2.75) is 13.8 Å². The molecule has 0 unspecified atom stereocenters. The van der Waals surface area contributed by atoms with Crippen molar-refractivity contribution in [1.82, 2.24) is 4.90 Å². The monoisotopic (exact) mass is 388 g/mol. The van der Waals surface area contributed by atoms with Gasteiger partial charge in [-0.2, -0.15) is 0 Å². The van der Waals surface area contributed by atoms with Crippen LogP contribution < -0.4 is 4.74 Å². The number of aryl methyl sites for hydroxylation is 2. The molecule has 1 fully saturated rings. The Labute approximate surface area is 158 Å². The van der Waals surface area contributed by atoms with Gasteiger partial charge in [0.1, 0.15) is 23.0 Å². The predicted octanol–water partition coefficient (Wildman–Crippen LogP) is 3.92. The van der Waals surface area contributed by atoms with Crippen molar-refractivity contribution >= 4 is 34.9 Å². The zero-order valence-electron chi connectivity index (χ0n) is 14.6. The molecule has 1 aliphatic rings. The van der Waals surface area contributed by atoms with Gasteiger partial charge in [0.05, 0.1) is 17.5 Å². The summed E-state index contributed by atoms with van der Waals surface area (Å²) in [6.45, 7) is 4.14. The lowest BCUT2D eigenvalue weighted by molar-refractivity contribution is -0.402. The molecule has 1 saturated heterocycles. The molecule has 2 aromatic rings. The molecule has 0 N–H and O–H groups in total. The van der Waals surface area contributed by atoms with Gasteiger partial charge in [0.25, 0.3) is 11.1 Å². The molecule has 1 aliphatic heterocycles. The first-order chi connectivity index (χ1) is 12.8. The second-order valence-corrected chi connectivity index (χ2v) is 6.88. The maximum absolute atomic E-state index is 12.4. The van der Waals surface area contributed by atoms with Gasteiger partial charge in [-0.1, -0.05) is 12.1 Å². The van der Waals surface area contributed by atoms with Gasteiger partial charge in [-0.15, -0.1) is 0 Å². The number of nitro groups is 1. The summed E-state index contributed by atoms with van der Waals surface area (Å²) >= 11 is 0.759. The fourth-order valence-electron chi connectivity index (χ4n) is 2.45. The maximum Gasteiger partial charge on any atom is 0.433 e. The second-order valence-electron chi connectivity index (χ2n) is 5.88. The van der Waals surface area contributed by atoms with Crippen molar-refractivity contribution in [3.8, 4) is 5.75 Å². The number of nitrogens with zero attached hydrogens (tertiary/aromatic N) is 2. The summed E-state index contributed by atoms with van der Waals surface area (Å²) in [5.41, 5.74) is 2.02. The molecule has 0 radical (unpaired) electrons. The van der Waals surface area contributed by atoms with Crippen molar-refractivity contribution in [3.05, 3.63) is 62.2 Å². The molecule has 0 atom stereocenters. The number of thioether (sulfide) groups is 1. The minimum atomic E-state index is -0.673. The average Bonchev–Trinajstić information content (AvgIpc) is 3.18. The van der Waals surface area contributed by atoms with Gasteiger partial charge in [-0.25, -0.2) is 0 Å². The zero-order chi connectivity index (χ0) is 19.6. The Kier molecular flexibility index (Phi) is 5.31. The number of ether oxygens (including phenoxy) is 1. The van der Waals surface area contributed by atoms with E-state index in [0.29, 0.717) is 5.75 Å². The van der Waals surface area contributed by atoms with E-state index in [1.54, 1.807) is 0 Å². The van der Waals surface area contributed by atoms with Crippen LogP contribution in [-0.2, 0) is 4.79 Å². The van der Waals surface area contributed by atoms with Crippen molar-refractivity contribution < 1.29 is 23.7 Å². The molecule has 1 aromatic heterocycles. The summed E-state index contributed by atoms with van der Waals surface area (Å²) in [6.07, 6.45) is 1.32. The number of furan rings is 1. The van der Waals surface area contributed by atoms with Crippen LogP contribution in [0.15, 0.2) is 39.7 Å². The number of imide groups is 1. The molecule has 3 rings (SSSR count). The molecule has 2 amide bonds. The molecule has 8 nitrogen and oxygen atoms in total. The van der Waals surface area contributed by atoms with E-state index in [4.69, 9.17) is 9.15 Å². The molecule has 9 heteroatoms. The highest BCUT2D eigenvalue weighted by Gasteiger charge is 2.35. The molecule has 0 spiro atoms. The van der Waals surface area contributed by atoms with Crippen molar-refractivity contribution in [2.75, 3.05) is 13.2 Å². The molecule has 140 valence electrons. The molecule has 2 heterocycles. The lowest BCUT2D eigenvalue weighted by Crippen LogP contribution is -2.32. The van der Waals surface area contributed by atoms with Crippen LogP contribution in [-0.4, -0.2) is 34.1 Å². The SMILES string of the molecule is Cc1ccc(C)c(OCCN2C(=O)S/C(=C\c3ccc([N+](=O)[O-])o3)C2=O)c1. The number of rotatable bonds is 6. The highest BCUT2D eigenvalue weighted by atomic mass is 32.2. The molecular weight excluding hydrogens is 372 g/mol. The minimum Gasteiger partial charge on any atom is -0.491 e. The van der Waals surface area contributed by atoms with Crippen molar-refractivity contribution in [2.24, 2.45) is 0 Å². The van der Waals surface area contributed by atoms with Gasteiger partial charge in [-0.05, 0) is 48.9 Å². The van der Waals surface area contributed by atoms with E-state index in [1.807, 2.05) is 32.0 Å². The number of carbonyl (C=O) groups excluding carboxylic acids is 2. The third-order valence-electron chi connectivity index (χ3n) is 3.86. The number of hydrogen-bond acceptors (Lipinski definition) is 7. The maximum atomic E-state index is 12.4. The first-order valence-electron chi connectivity index (χ1n) is 8.05. The lowest BCUT2D eigenvalue weighted by atomic mass is 10.1. The Hall–Kier alpha value is -3.07. The Morgan fingerprint density at radius 2 is 2.04 bits per heavy atom. The third-order valence-corrected chi connectivity index (χ3v) is 4.76. The van der Waals surface area contributed by atoms with Crippen LogP contribution in [0.25, 0.3) is 6.08 Å². The number of amides is 2. The lowest BCUT2D eigenvalue weighted by Gasteiger charge is -2.14. The highest BCUT2D eigenvalue weighted by Crippen LogP contribution is 2.33. The Bertz CT molecular complexity index is 949. The third kappa shape index (κ3) is 4.20. The van der Waals surface area contributed by atoms with Gasteiger partial charge in [0, 0.05) is 6.08 Å². The summed E-state index contributed by atoms with van der Waals surface area (Å²) in [5.74, 6) is -0.0599. The fraction of sp³-hybridized carbons (Fsp3) is 0.222. The summed E-state index contributed by atoms with van der Waals surface area (Å²) < 4.78 is 10.7. The Morgan fingerprint density at radius 3 is 2.74 bits per heavy atom. The first kappa shape index (κ1) is 18.7. The summed E-state index contributed by atoms with van der Waals surface area (Å²) in [4.78, 5) is 35.7. The molecule has 0 saturated carbocycles. The van der Waals surface area contributed by atoms with Crippen LogP contribution in [0, 0.1) is 24.0 Å². The Morgan fingerprint density at radius 1 is 1.26 bits per heavy atom.